The number of likely N-dealkylation sites (tertiary alicyclic amines) is 1. The van der Waals surface area contributed by atoms with Gasteiger partial charge in [0, 0.05) is 29.2 Å². The molecule has 0 radical (unpaired) electrons. The molecule has 1 aliphatic rings. The lowest BCUT2D eigenvalue weighted by atomic mass is 9.99. The zero-order chi connectivity index (χ0) is 20.5. The van der Waals surface area contributed by atoms with E-state index in [2.05, 4.69) is 17.1 Å². The minimum absolute atomic E-state index is 0.209. The van der Waals surface area contributed by atoms with Crippen molar-refractivity contribution in [1.29, 1.82) is 0 Å². The van der Waals surface area contributed by atoms with Crippen LogP contribution in [0.4, 0.5) is 5.69 Å². The van der Waals surface area contributed by atoms with E-state index in [-0.39, 0.29) is 11.7 Å². The predicted octanol–water partition coefficient (Wildman–Crippen LogP) is 5.38. The summed E-state index contributed by atoms with van der Waals surface area (Å²) in [5, 5.41) is 14.3. The van der Waals surface area contributed by atoms with Gasteiger partial charge in [-0.25, -0.2) is 0 Å². The fourth-order valence-corrected chi connectivity index (χ4v) is 4.23. The molecule has 5 nitrogen and oxygen atoms in total. The van der Waals surface area contributed by atoms with Crippen LogP contribution < -0.4 is 5.32 Å². The largest absolute Gasteiger partial charge is 0.508 e. The smallest absolute Gasteiger partial charge is 0.259 e. The highest BCUT2D eigenvalue weighted by Crippen LogP contribution is 2.36. The van der Waals surface area contributed by atoms with Gasteiger partial charge in [-0.3, -0.25) is 9.69 Å². The summed E-state index contributed by atoms with van der Waals surface area (Å²) in [4.78, 5) is 15.5. The Morgan fingerprint density at radius 1 is 1.17 bits per heavy atom. The molecule has 1 saturated heterocycles. The SMILES string of the molecule is Cc1ccc(NC(=O)c2c(C)oc3ccc(O)c(CN4CCCC[C@H]4C)c23)cc1. The highest BCUT2D eigenvalue weighted by molar-refractivity contribution is 6.14. The van der Waals surface area contributed by atoms with Crippen molar-refractivity contribution in [3.63, 3.8) is 0 Å². The summed E-state index contributed by atoms with van der Waals surface area (Å²) in [6, 6.07) is 11.6. The Bertz CT molecular complexity index is 1040. The molecule has 2 N–H and O–H groups in total. The van der Waals surface area contributed by atoms with E-state index in [9.17, 15) is 9.90 Å². The van der Waals surface area contributed by atoms with Crippen molar-refractivity contribution >= 4 is 22.6 Å². The summed E-state index contributed by atoms with van der Waals surface area (Å²) in [5.74, 6) is 0.548. The molecule has 0 bridgehead atoms. The maximum atomic E-state index is 13.1. The number of phenolic OH excluding ortho intramolecular Hbond substituents is 1. The molecular formula is C24H28N2O3. The van der Waals surface area contributed by atoms with Gasteiger partial charge >= 0.3 is 0 Å². The van der Waals surface area contributed by atoms with Crippen molar-refractivity contribution in [2.45, 2.75) is 52.6 Å². The van der Waals surface area contributed by atoms with Crippen molar-refractivity contribution < 1.29 is 14.3 Å². The lowest BCUT2D eigenvalue weighted by molar-refractivity contribution is 0.102. The second-order valence-corrected chi connectivity index (χ2v) is 8.11. The molecular weight excluding hydrogens is 364 g/mol. The highest BCUT2D eigenvalue weighted by Gasteiger charge is 2.26. The van der Waals surface area contributed by atoms with E-state index < -0.39 is 0 Å². The topological polar surface area (TPSA) is 65.7 Å². The zero-order valence-corrected chi connectivity index (χ0v) is 17.3. The molecule has 3 aromatic rings. The van der Waals surface area contributed by atoms with Crippen LogP contribution in [-0.2, 0) is 6.54 Å². The minimum atomic E-state index is -0.219. The van der Waals surface area contributed by atoms with Crippen molar-refractivity contribution in [2.24, 2.45) is 0 Å². The number of amides is 1. The molecule has 4 rings (SSSR count). The first-order valence-corrected chi connectivity index (χ1v) is 10.3. The maximum absolute atomic E-state index is 13.1. The minimum Gasteiger partial charge on any atom is -0.508 e. The molecule has 0 saturated carbocycles. The third-order valence-corrected chi connectivity index (χ3v) is 5.95. The summed E-state index contributed by atoms with van der Waals surface area (Å²) in [7, 11) is 0. The fourth-order valence-electron chi connectivity index (χ4n) is 4.23. The molecule has 0 spiro atoms. The number of furan rings is 1. The molecule has 0 unspecified atom stereocenters. The van der Waals surface area contributed by atoms with Crippen molar-refractivity contribution in [3.05, 3.63) is 58.8 Å². The van der Waals surface area contributed by atoms with E-state index in [0.29, 0.717) is 34.9 Å². The molecule has 5 heteroatoms. The number of piperidine rings is 1. The number of phenols is 1. The van der Waals surface area contributed by atoms with E-state index in [1.807, 2.05) is 31.2 Å². The quantitative estimate of drug-likeness (QED) is 0.625. The van der Waals surface area contributed by atoms with Gasteiger partial charge in [0.25, 0.3) is 5.91 Å². The molecule has 2 heterocycles. The molecule has 1 fully saturated rings. The number of fused-ring (bicyclic) bond motifs is 1. The Morgan fingerprint density at radius 2 is 1.93 bits per heavy atom. The maximum Gasteiger partial charge on any atom is 0.259 e. The first-order valence-electron chi connectivity index (χ1n) is 10.3. The molecule has 2 aromatic carbocycles. The second-order valence-electron chi connectivity index (χ2n) is 8.11. The molecule has 1 amide bonds. The van der Waals surface area contributed by atoms with Gasteiger partial charge in [0.15, 0.2) is 0 Å². The number of aryl methyl sites for hydroxylation is 2. The number of rotatable bonds is 4. The third-order valence-electron chi connectivity index (χ3n) is 5.95. The van der Waals surface area contributed by atoms with E-state index in [4.69, 9.17) is 4.42 Å². The molecule has 152 valence electrons. The summed E-state index contributed by atoms with van der Waals surface area (Å²) in [6.07, 6.45) is 3.55. The number of hydrogen-bond donors (Lipinski definition) is 2. The lowest BCUT2D eigenvalue weighted by Gasteiger charge is -2.33. The van der Waals surface area contributed by atoms with Gasteiger partial charge < -0.3 is 14.8 Å². The Hall–Kier alpha value is -2.79. The first kappa shape index (κ1) is 19.5. The van der Waals surface area contributed by atoms with Crippen molar-refractivity contribution in [2.75, 3.05) is 11.9 Å². The normalized spacial score (nSPS) is 17.6. The summed E-state index contributed by atoms with van der Waals surface area (Å²) < 4.78 is 5.90. The average molecular weight is 392 g/mol. The first-order chi connectivity index (χ1) is 13.9. The van der Waals surface area contributed by atoms with Crippen LogP contribution in [0.1, 0.15) is 53.4 Å². The van der Waals surface area contributed by atoms with Crippen LogP contribution in [-0.4, -0.2) is 28.5 Å². The number of benzene rings is 2. The van der Waals surface area contributed by atoms with Gasteiger partial charge in [0.05, 0.1) is 5.56 Å². The standard InChI is InChI=1S/C24H28N2O3/c1-15-7-9-18(10-8-15)25-24(28)22-17(3)29-21-12-11-20(27)19(23(21)22)14-26-13-5-4-6-16(26)2/h7-12,16,27H,4-6,13-14H2,1-3H3,(H,25,28)/t16-/m1/s1. The van der Waals surface area contributed by atoms with Gasteiger partial charge in [-0.05, 0) is 64.4 Å². The predicted molar refractivity (Wildman–Crippen MR) is 115 cm³/mol. The number of nitrogens with one attached hydrogen (secondary N) is 1. The number of aromatic hydroxyl groups is 1. The van der Waals surface area contributed by atoms with Gasteiger partial charge in [0.1, 0.15) is 17.1 Å². The van der Waals surface area contributed by atoms with Crippen LogP contribution in [0.15, 0.2) is 40.8 Å². The van der Waals surface area contributed by atoms with Crippen molar-refractivity contribution in [3.8, 4) is 5.75 Å². The second kappa shape index (κ2) is 7.91. The Morgan fingerprint density at radius 3 is 2.66 bits per heavy atom. The van der Waals surface area contributed by atoms with E-state index in [1.54, 1.807) is 19.1 Å². The van der Waals surface area contributed by atoms with Crippen LogP contribution in [0.25, 0.3) is 11.0 Å². The fraction of sp³-hybridized carbons (Fsp3) is 0.375. The molecule has 1 aromatic heterocycles. The Balaban J connectivity index is 1.73. The Labute approximate surface area is 171 Å². The molecule has 1 aliphatic heterocycles. The number of anilines is 1. The summed E-state index contributed by atoms with van der Waals surface area (Å²) in [5.41, 5.74) is 3.77. The molecule has 1 atom stereocenters. The van der Waals surface area contributed by atoms with Crippen LogP contribution in [0, 0.1) is 13.8 Å². The number of nitrogens with zero attached hydrogens (tertiary/aromatic N) is 1. The number of carbonyl (C=O) groups is 1. The van der Waals surface area contributed by atoms with Gasteiger partial charge in [-0.1, -0.05) is 24.1 Å². The highest BCUT2D eigenvalue weighted by atomic mass is 16.3. The Kier molecular flexibility index (Phi) is 5.33. The lowest BCUT2D eigenvalue weighted by Crippen LogP contribution is -2.36. The van der Waals surface area contributed by atoms with Crippen LogP contribution in [0.3, 0.4) is 0 Å². The summed E-state index contributed by atoms with van der Waals surface area (Å²) >= 11 is 0. The zero-order valence-electron chi connectivity index (χ0n) is 17.3. The van der Waals surface area contributed by atoms with E-state index in [0.717, 1.165) is 36.2 Å². The average Bonchev–Trinajstić information content (AvgIpc) is 3.03. The van der Waals surface area contributed by atoms with E-state index in [1.165, 1.54) is 6.42 Å². The molecule has 29 heavy (non-hydrogen) atoms. The van der Waals surface area contributed by atoms with Crippen LogP contribution in [0.5, 0.6) is 5.75 Å². The van der Waals surface area contributed by atoms with Crippen LogP contribution >= 0.6 is 0 Å². The van der Waals surface area contributed by atoms with Gasteiger partial charge in [-0.2, -0.15) is 0 Å². The van der Waals surface area contributed by atoms with Crippen LogP contribution in [0.2, 0.25) is 0 Å². The third kappa shape index (κ3) is 3.87. The van der Waals surface area contributed by atoms with Crippen molar-refractivity contribution in [1.82, 2.24) is 4.90 Å². The summed E-state index contributed by atoms with van der Waals surface area (Å²) in [6.45, 7) is 7.64. The number of carbonyl (C=O) groups excluding carboxylic acids is 1. The molecule has 0 aliphatic carbocycles. The number of hydrogen-bond acceptors (Lipinski definition) is 4. The monoisotopic (exact) mass is 392 g/mol. The van der Waals surface area contributed by atoms with Gasteiger partial charge in [0.2, 0.25) is 0 Å². The van der Waals surface area contributed by atoms with Gasteiger partial charge in [-0.15, -0.1) is 0 Å². The van der Waals surface area contributed by atoms with E-state index >= 15 is 0 Å².